The Labute approximate surface area is 134 Å². The number of rotatable bonds is 7. The van der Waals surface area contributed by atoms with Gasteiger partial charge in [-0.3, -0.25) is 0 Å². The van der Waals surface area contributed by atoms with E-state index in [0.717, 1.165) is 29.3 Å². The van der Waals surface area contributed by atoms with Crippen molar-refractivity contribution in [3.8, 4) is 0 Å². The number of hydrogen-bond donors (Lipinski definition) is 1. The zero-order valence-corrected chi connectivity index (χ0v) is 13.6. The molecule has 0 amide bonds. The van der Waals surface area contributed by atoms with Crippen molar-refractivity contribution in [1.82, 2.24) is 5.32 Å². The summed E-state index contributed by atoms with van der Waals surface area (Å²) >= 11 is 7.70. The Morgan fingerprint density at radius 2 is 1.76 bits per heavy atom. The average molecular weight is 324 g/mol. The highest BCUT2D eigenvalue weighted by molar-refractivity contribution is 7.99. The molecule has 2 rings (SSSR count). The van der Waals surface area contributed by atoms with Gasteiger partial charge < -0.3 is 5.32 Å². The van der Waals surface area contributed by atoms with E-state index in [2.05, 4.69) is 12.2 Å². The molecule has 1 atom stereocenters. The molecule has 21 heavy (non-hydrogen) atoms. The first-order valence-corrected chi connectivity index (χ1v) is 8.40. The molecular weight excluding hydrogens is 305 g/mol. The molecule has 1 nitrogen and oxygen atoms in total. The molecule has 0 heterocycles. The van der Waals surface area contributed by atoms with Crippen molar-refractivity contribution in [3.05, 3.63) is 64.9 Å². The molecule has 2 aromatic rings. The number of hydrogen-bond acceptors (Lipinski definition) is 2. The van der Waals surface area contributed by atoms with Crippen LogP contribution in [0.2, 0.25) is 5.02 Å². The van der Waals surface area contributed by atoms with Crippen molar-refractivity contribution in [3.63, 3.8) is 0 Å². The van der Waals surface area contributed by atoms with Crippen LogP contribution in [0.5, 0.6) is 0 Å². The van der Waals surface area contributed by atoms with Gasteiger partial charge in [0, 0.05) is 21.7 Å². The van der Waals surface area contributed by atoms with Crippen LogP contribution < -0.4 is 5.32 Å². The van der Waals surface area contributed by atoms with Gasteiger partial charge in [-0.2, -0.15) is 0 Å². The highest BCUT2D eigenvalue weighted by atomic mass is 35.5. The summed E-state index contributed by atoms with van der Waals surface area (Å²) in [5.41, 5.74) is 1.15. The normalized spacial score (nSPS) is 12.3. The van der Waals surface area contributed by atoms with Crippen LogP contribution in [0.3, 0.4) is 0 Å². The van der Waals surface area contributed by atoms with E-state index in [1.54, 1.807) is 11.8 Å². The predicted octanol–water partition coefficient (Wildman–Crippen LogP) is 4.79. The van der Waals surface area contributed by atoms with E-state index in [1.807, 2.05) is 36.4 Å². The SMILES string of the molecule is CCNC(CSc1ccc(Cl)cc1)Cc1ccc(F)cc1. The minimum atomic E-state index is -0.186. The van der Waals surface area contributed by atoms with Crippen LogP contribution in [0.1, 0.15) is 12.5 Å². The van der Waals surface area contributed by atoms with E-state index in [4.69, 9.17) is 11.6 Å². The minimum Gasteiger partial charge on any atom is -0.313 e. The second kappa shape index (κ2) is 8.42. The number of nitrogens with one attached hydrogen (secondary N) is 1. The Balaban J connectivity index is 1.92. The summed E-state index contributed by atoms with van der Waals surface area (Å²) < 4.78 is 12.9. The Kier molecular flexibility index (Phi) is 6.55. The summed E-state index contributed by atoms with van der Waals surface area (Å²) in [6, 6.07) is 15.0. The lowest BCUT2D eigenvalue weighted by Crippen LogP contribution is -2.33. The zero-order chi connectivity index (χ0) is 15.1. The third-order valence-electron chi connectivity index (χ3n) is 3.15. The van der Waals surface area contributed by atoms with Gasteiger partial charge in [-0.15, -0.1) is 11.8 Å². The maximum absolute atomic E-state index is 12.9. The van der Waals surface area contributed by atoms with Crippen LogP contribution >= 0.6 is 23.4 Å². The summed E-state index contributed by atoms with van der Waals surface area (Å²) in [7, 11) is 0. The molecule has 0 bridgehead atoms. The minimum absolute atomic E-state index is 0.186. The molecule has 0 saturated carbocycles. The van der Waals surface area contributed by atoms with Gasteiger partial charge in [0.05, 0.1) is 0 Å². The van der Waals surface area contributed by atoms with Gasteiger partial charge in [0.2, 0.25) is 0 Å². The quantitative estimate of drug-likeness (QED) is 0.735. The van der Waals surface area contributed by atoms with Gasteiger partial charge >= 0.3 is 0 Å². The maximum atomic E-state index is 12.9. The highest BCUT2D eigenvalue weighted by Crippen LogP contribution is 2.22. The molecule has 4 heteroatoms. The molecule has 0 aliphatic carbocycles. The van der Waals surface area contributed by atoms with Crippen LogP contribution in [-0.2, 0) is 6.42 Å². The fourth-order valence-corrected chi connectivity index (χ4v) is 3.20. The van der Waals surface area contributed by atoms with Crippen molar-refractivity contribution in [2.75, 3.05) is 12.3 Å². The molecular formula is C17H19ClFNS. The fraction of sp³-hybridized carbons (Fsp3) is 0.294. The summed E-state index contributed by atoms with van der Waals surface area (Å²) in [4.78, 5) is 1.21. The lowest BCUT2D eigenvalue weighted by molar-refractivity contribution is 0.571. The first-order chi connectivity index (χ1) is 10.2. The number of likely N-dealkylation sites (N-methyl/N-ethyl adjacent to an activating group) is 1. The summed E-state index contributed by atoms with van der Waals surface area (Å²) in [6.45, 7) is 3.03. The largest absolute Gasteiger partial charge is 0.313 e. The van der Waals surface area contributed by atoms with Crippen LogP contribution in [0.4, 0.5) is 4.39 Å². The first-order valence-electron chi connectivity index (χ1n) is 7.03. The Bertz CT molecular complexity index is 542. The van der Waals surface area contributed by atoms with Crippen LogP contribution in [-0.4, -0.2) is 18.3 Å². The van der Waals surface area contributed by atoms with E-state index in [9.17, 15) is 4.39 Å². The molecule has 0 saturated heterocycles. The second-order valence-corrected chi connectivity index (χ2v) is 6.38. The lowest BCUT2D eigenvalue weighted by Gasteiger charge is -2.17. The van der Waals surface area contributed by atoms with Gasteiger partial charge in [0.1, 0.15) is 5.82 Å². The molecule has 0 aliphatic heterocycles. The summed E-state index contributed by atoms with van der Waals surface area (Å²) in [6.07, 6.45) is 0.898. The Morgan fingerprint density at radius 3 is 2.38 bits per heavy atom. The van der Waals surface area contributed by atoms with Crippen molar-refractivity contribution in [2.24, 2.45) is 0 Å². The monoisotopic (exact) mass is 323 g/mol. The molecule has 0 aliphatic rings. The molecule has 2 aromatic carbocycles. The molecule has 0 spiro atoms. The van der Waals surface area contributed by atoms with Crippen molar-refractivity contribution in [2.45, 2.75) is 24.3 Å². The molecule has 0 fully saturated rings. The summed E-state index contributed by atoms with van der Waals surface area (Å²) in [5.74, 6) is 0.779. The summed E-state index contributed by atoms with van der Waals surface area (Å²) in [5, 5.41) is 4.24. The van der Waals surface area contributed by atoms with Gasteiger partial charge in [-0.1, -0.05) is 30.7 Å². The van der Waals surface area contributed by atoms with Crippen LogP contribution in [0, 0.1) is 5.82 Å². The first kappa shape index (κ1) is 16.3. The molecule has 1 N–H and O–H groups in total. The van der Waals surface area contributed by atoms with Crippen molar-refractivity contribution in [1.29, 1.82) is 0 Å². The van der Waals surface area contributed by atoms with E-state index in [-0.39, 0.29) is 5.82 Å². The van der Waals surface area contributed by atoms with Gasteiger partial charge in [0.15, 0.2) is 0 Å². The number of halogens is 2. The zero-order valence-electron chi connectivity index (χ0n) is 12.0. The van der Waals surface area contributed by atoms with Gasteiger partial charge in [-0.25, -0.2) is 4.39 Å². The maximum Gasteiger partial charge on any atom is 0.123 e. The molecule has 1 unspecified atom stereocenters. The third-order valence-corrected chi connectivity index (χ3v) is 4.58. The molecule has 0 radical (unpaired) electrons. The Hall–Kier alpha value is -1.03. The van der Waals surface area contributed by atoms with E-state index in [0.29, 0.717) is 6.04 Å². The molecule has 112 valence electrons. The predicted molar refractivity (Wildman–Crippen MR) is 89.7 cm³/mol. The Morgan fingerprint density at radius 1 is 1.10 bits per heavy atom. The fourth-order valence-electron chi connectivity index (χ4n) is 2.11. The van der Waals surface area contributed by atoms with E-state index >= 15 is 0 Å². The van der Waals surface area contributed by atoms with E-state index in [1.165, 1.54) is 17.0 Å². The lowest BCUT2D eigenvalue weighted by atomic mass is 10.1. The third kappa shape index (κ3) is 5.70. The second-order valence-electron chi connectivity index (χ2n) is 4.85. The smallest absolute Gasteiger partial charge is 0.123 e. The topological polar surface area (TPSA) is 12.0 Å². The van der Waals surface area contributed by atoms with Crippen LogP contribution in [0.25, 0.3) is 0 Å². The van der Waals surface area contributed by atoms with Gasteiger partial charge in [-0.05, 0) is 54.9 Å². The number of thioether (sulfide) groups is 1. The standard InChI is InChI=1S/C17H19ClFNS/c1-2-20-16(11-13-3-7-15(19)8-4-13)12-21-17-9-5-14(18)6-10-17/h3-10,16,20H,2,11-12H2,1H3. The molecule has 0 aromatic heterocycles. The van der Waals surface area contributed by atoms with E-state index < -0.39 is 0 Å². The van der Waals surface area contributed by atoms with Crippen LogP contribution in [0.15, 0.2) is 53.4 Å². The van der Waals surface area contributed by atoms with Crippen molar-refractivity contribution < 1.29 is 4.39 Å². The van der Waals surface area contributed by atoms with Crippen molar-refractivity contribution >= 4 is 23.4 Å². The van der Waals surface area contributed by atoms with Gasteiger partial charge in [0.25, 0.3) is 0 Å². The number of benzene rings is 2. The average Bonchev–Trinajstić information content (AvgIpc) is 2.49. The highest BCUT2D eigenvalue weighted by Gasteiger charge is 2.09.